The molecule has 47 heavy (non-hydrogen) atoms. The number of benzene rings is 3. The maximum atomic E-state index is 7.75. The number of rotatable bonds is 13. The molecule has 3 aliphatic rings. The van der Waals surface area contributed by atoms with Gasteiger partial charge in [-0.25, -0.2) is 0 Å². The molecule has 2 heterocycles. The maximum Gasteiger partial charge on any atom is 0.200 e. The maximum absolute atomic E-state index is 7.75. The van der Waals surface area contributed by atoms with Crippen molar-refractivity contribution in [1.82, 2.24) is 4.90 Å². The molecule has 2 aliphatic heterocycles. The molecule has 0 aromatic heterocycles. The monoisotopic (exact) mass is 671 g/mol. The number of ether oxygens (including phenoxy) is 2. The summed E-state index contributed by atoms with van der Waals surface area (Å²) >= 11 is 2.08. The van der Waals surface area contributed by atoms with E-state index in [1.165, 1.54) is 35.3 Å². The highest BCUT2D eigenvalue weighted by Gasteiger charge is 2.61. The van der Waals surface area contributed by atoms with Gasteiger partial charge in [0.1, 0.15) is 5.75 Å². The Bertz CT molecular complexity index is 1400. The summed E-state index contributed by atoms with van der Waals surface area (Å²) in [4.78, 5) is 4.31. The number of thioether (sulfide) groups is 1. The van der Waals surface area contributed by atoms with Gasteiger partial charge >= 0.3 is 0 Å². The molecule has 2 saturated heterocycles. The summed E-state index contributed by atoms with van der Waals surface area (Å²) in [6.07, 6.45) is 6.05. The van der Waals surface area contributed by atoms with Crippen LogP contribution in [0.3, 0.4) is 0 Å². The second-order valence-corrected chi connectivity index (χ2v) is 22.2. The molecule has 1 saturated carbocycles. The van der Waals surface area contributed by atoms with Gasteiger partial charge in [0.15, 0.2) is 0 Å². The minimum Gasteiger partial charge on any atom is -0.497 e. The zero-order valence-corrected chi connectivity index (χ0v) is 31.5. The summed E-state index contributed by atoms with van der Waals surface area (Å²) in [6.45, 7) is 16.3. The van der Waals surface area contributed by atoms with Gasteiger partial charge in [0.25, 0.3) is 0 Å². The topological polar surface area (TPSA) is 30.9 Å². The lowest BCUT2D eigenvalue weighted by atomic mass is 9.65. The Morgan fingerprint density at radius 2 is 1.45 bits per heavy atom. The predicted octanol–water partition coefficient (Wildman–Crippen LogP) is 10.2. The molecule has 4 nitrogen and oxygen atoms in total. The van der Waals surface area contributed by atoms with Crippen molar-refractivity contribution in [3.8, 4) is 5.75 Å². The normalized spacial score (nSPS) is 27.8. The van der Waals surface area contributed by atoms with Crippen LogP contribution in [0.1, 0.15) is 78.4 Å². The quantitative estimate of drug-likeness (QED) is 0.169. The van der Waals surface area contributed by atoms with Crippen molar-refractivity contribution in [1.29, 1.82) is 0 Å². The summed E-state index contributed by atoms with van der Waals surface area (Å²) in [5, 5.41) is 0.567. The lowest BCUT2D eigenvalue weighted by molar-refractivity contribution is -0.168. The van der Waals surface area contributed by atoms with E-state index in [4.69, 9.17) is 13.9 Å². The molecule has 1 spiro atoms. The average Bonchev–Trinajstić information content (AvgIpc) is 3.41. The molecule has 1 aliphatic carbocycles. The van der Waals surface area contributed by atoms with Crippen LogP contribution in [0.25, 0.3) is 0 Å². The number of hydrogen-bond acceptors (Lipinski definition) is 5. The van der Waals surface area contributed by atoms with Crippen LogP contribution in [0.5, 0.6) is 5.75 Å². The molecule has 6 heteroatoms. The zero-order valence-electron chi connectivity index (χ0n) is 29.7. The molecule has 0 amide bonds. The summed E-state index contributed by atoms with van der Waals surface area (Å²) < 4.78 is 20.5. The van der Waals surface area contributed by atoms with Gasteiger partial charge in [0.2, 0.25) is 8.32 Å². The van der Waals surface area contributed by atoms with Crippen LogP contribution >= 0.6 is 11.8 Å². The van der Waals surface area contributed by atoms with E-state index in [-0.39, 0.29) is 23.8 Å². The minimum absolute atomic E-state index is 0.0920. The van der Waals surface area contributed by atoms with E-state index in [2.05, 4.69) is 143 Å². The van der Waals surface area contributed by atoms with Crippen molar-refractivity contribution in [3.05, 3.63) is 96.1 Å². The first kappa shape index (κ1) is 34.8. The van der Waals surface area contributed by atoms with E-state index in [0.717, 1.165) is 25.1 Å². The molecule has 6 rings (SSSR count). The fourth-order valence-electron chi connectivity index (χ4n) is 9.86. The second-order valence-electron chi connectivity index (χ2n) is 15.4. The van der Waals surface area contributed by atoms with Crippen molar-refractivity contribution in [2.45, 2.75) is 131 Å². The first-order valence-corrected chi connectivity index (χ1v) is 21.1. The average molecular weight is 672 g/mol. The van der Waals surface area contributed by atoms with Crippen LogP contribution in [-0.2, 0) is 22.2 Å². The second kappa shape index (κ2) is 14.8. The first-order valence-electron chi connectivity index (χ1n) is 18.1. The fourth-order valence-corrected chi connectivity index (χ4v) is 16.8. The molecule has 0 radical (unpaired) electrons. The third-order valence-electron chi connectivity index (χ3n) is 11.8. The first-order chi connectivity index (χ1) is 22.6. The Morgan fingerprint density at radius 3 is 2.06 bits per heavy atom. The van der Waals surface area contributed by atoms with Gasteiger partial charge in [-0.2, -0.15) is 0 Å². The SMILES string of the molecule is COc1ccc(C[C@H]2[C@@H](OCc3ccccc3)[C@H]3C[C@@]4(CC[C@H]3O[Si](C(C)C)(C(C)C)C(C)C)C[C@H](Sc3ccccc3)CN24)cc1. The van der Waals surface area contributed by atoms with Crippen molar-refractivity contribution in [2.24, 2.45) is 5.92 Å². The molecule has 0 unspecified atom stereocenters. The van der Waals surface area contributed by atoms with E-state index in [0.29, 0.717) is 34.4 Å². The standard InChI is InChI=1S/C41H57NO3SSi/c1-29(2)47(30(3)4,31(5)6)45-39-22-23-41-25-36(46-35-16-12-9-13-17-35)27-42(41)38(24-32-18-20-34(43-7)21-19-32)40(37(39)26-41)44-28-33-14-10-8-11-15-33/h8-21,29-31,36-40H,22-28H2,1-7H3/t36-,37-,38-,39+,40-,41+/m0/s1. The van der Waals surface area contributed by atoms with Crippen LogP contribution in [0.15, 0.2) is 89.8 Å². The van der Waals surface area contributed by atoms with E-state index >= 15 is 0 Å². The Morgan fingerprint density at radius 1 is 0.809 bits per heavy atom. The molecular weight excluding hydrogens is 615 g/mol. The Kier molecular flexibility index (Phi) is 10.9. The summed E-state index contributed by atoms with van der Waals surface area (Å²) in [5.41, 5.74) is 4.49. The Hall–Kier alpha value is -2.09. The summed E-state index contributed by atoms with van der Waals surface area (Å²) in [7, 11) is -0.333. The lowest BCUT2D eigenvalue weighted by Crippen LogP contribution is -2.68. The van der Waals surface area contributed by atoms with Gasteiger partial charge in [-0.15, -0.1) is 11.8 Å². The van der Waals surface area contributed by atoms with Gasteiger partial charge < -0.3 is 13.9 Å². The largest absolute Gasteiger partial charge is 0.497 e. The van der Waals surface area contributed by atoms with Crippen LogP contribution in [0.4, 0.5) is 0 Å². The van der Waals surface area contributed by atoms with Gasteiger partial charge in [0.05, 0.1) is 25.9 Å². The number of hydrogen-bond donors (Lipinski definition) is 0. The molecule has 254 valence electrons. The van der Waals surface area contributed by atoms with Crippen LogP contribution in [0.2, 0.25) is 16.6 Å². The smallest absolute Gasteiger partial charge is 0.200 e. The van der Waals surface area contributed by atoms with E-state index in [9.17, 15) is 0 Å². The van der Waals surface area contributed by atoms with Gasteiger partial charge in [0, 0.05) is 34.2 Å². The third kappa shape index (κ3) is 7.14. The van der Waals surface area contributed by atoms with Crippen molar-refractivity contribution in [2.75, 3.05) is 13.7 Å². The molecule has 6 atom stereocenters. The molecule has 3 aromatic carbocycles. The van der Waals surface area contributed by atoms with Crippen LogP contribution < -0.4 is 4.74 Å². The van der Waals surface area contributed by atoms with Crippen molar-refractivity contribution < 1.29 is 13.9 Å². The summed E-state index contributed by atoms with van der Waals surface area (Å²) in [5.74, 6) is 1.28. The molecule has 2 bridgehead atoms. The van der Waals surface area contributed by atoms with Gasteiger partial charge in [-0.3, -0.25) is 4.90 Å². The van der Waals surface area contributed by atoms with Crippen molar-refractivity contribution >= 4 is 20.1 Å². The molecule has 3 fully saturated rings. The Balaban J connectivity index is 1.38. The van der Waals surface area contributed by atoms with Crippen molar-refractivity contribution in [3.63, 3.8) is 0 Å². The number of piperidine rings is 1. The van der Waals surface area contributed by atoms with Gasteiger partial charge in [-0.1, -0.05) is 102 Å². The molecule has 0 N–H and O–H groups in total. The predicted molar refractivity (Wildman–Crippen MR) is 199 cm³/mol. The van der Waals surface area contributed by atoms with E-state index in [1.54, 1.807) is 7.11 Å². The molecule has 3 aromatic rings. The highest BCUT2D eigenvalue weighted by atomic mass is 32.2. The van der Waals surface area contributed by atoms with E-state index < -0.39 is 8.32 Å². The van der Waals surface area contributed by atoms with E-state index in [1.807, 2.05) is 0 Å². The third-order valence-corrected chi connectivity index (χ3v) is 19.1. The number of fused-ring (bicyclic) bond motifs is 1. The van der Waals surface area contributed by atoms with Gasteiger partial charge in [-0.05, 0) is 84.1 Å². The highest BCUT2D eigenvalue weighted by Crippen LogP contribution is 2.56. The minimum atomic E-state index is -2.08. The number of methoxy groups -OCH3 is 1. The Labute approximate surface area is 290 Å². The summed E-state index contributed by atoms with van der Waals surface area (Å²) in [6, 6.07) is 30.8. The number of nitrogens with zero attached hydrogens (tertiary/aromatic N) is 1. The highest BCUT2D eigenvalue weighted by molar-refractivity contribution is 8.00. The molecular formula is C41H57NO3SSi. The van der Waals surface area contributed by atoms with Crippen LogP contribution in [-0.4, -0.2) is 55.9 Å². The zero-order chi connectivity index (χ0) is 33.2. The van der Waals surface area contributed by atoms with Crippen LogP contribution in [0, 0.1) is 5.92 Å². The fraction of sp³-hybridized carbons (Fsp3) is 0.561. The lowest BCUT2D eigenvalue weighted by Gasteiger charge is -2.60.